The Hall–Kier alpha value is -1.26. The topological polar surface area (TPSA) is 17.1 Å². The van der Waals surface area contributed by atoms with Gasteiger partial charge in [0.1, 0.15) is 11.6 Å². The highest BCUT2D eigenvalue weighted by atomic mass is 35.5. The van der Waals surface area contributed by atoms with Crippen molar-refractivity contribution in [3.8, 4) is 0 Å². The normalized spacial score (nSPS) is 10.7. The summed E-state index contributed by atoms with van der Waals surface area (Å²) in [7, 11) is 0. The predicted octanol–water partition coefficient (Wildman–Crippen LogP) is 4.53. The lowest BCUT2D eigenvalue weighted by molar-refractivity contribution is 0.103. The molecular formula is C13H9ClF2OS. The maximum atomic E-state index is 13.8. The number of ketones is 1. The third-order valence-corrected chi connectivity index (χ3v) is 4.15. The van der Waals surface area contributed by atoms with E-state index in [-0.39, 0.29) is 10.4 Å². The number of benzene rings is 1. The first-order valence-electron chi connectivity index (χ1n) is 5.17. The molecule has 1 aromatic carbocycles. The average Bonchev–Trinajstić information content (AvgIpc) is 2.65. The highest BCUT2D eigenvalue weighted by Crippen LogP contribution is 2.30. The lowest BCUT2D eigenvalue weighted by Gasteiger charge is -2.04. The van der Waals surface area contributed by atoms with Crippen LogP contribution in [0.4, 0.5) is 8.78 Å². The Morgan fingerprint density at radius 3 is 2.44 bits per heavy atom. The van der Waals surface area contributed by atoms with E-state index >= 15 is 0 Å². The van der Waals surface area contributed by atoms with Gasteiger partial charge in [-0.25, -0.2) is 8.78 Å². The lowest BCUT2D eigenvalue weighted by Crippen LogP contribution is -2.07. The van der Waals surface area contributed by atoms with Crippen LogP contribution in [0.15, 0.2) is 18.2 Å². The molecule has 0 saturated heterocycles. The standard InChI is InChI=1S/C13H9ClF2OS/c1-6-3-4-8(15)10(11(6)16)12(17)9-5-7(2)13(14)18-9/h3-5H,1-2H3. The van der Waals surface area contributed by atoms with Crippen LogP contribution in [0.1, 0.15) is 26.4 Å². The van der Waals surface area contributed by atoms with Gasteiger partial charge in [0, 0.05) is 0 Å². The summed E-state index contributed by atoms with van der Waals surface area (Å²) < 4.78 is 27.9. The molecule has 0 atom stereocenters. The minimum absolute atomic E-state index is 0.235. The number of halogens is 3. The average molecular weight is 287 g/mol. The summed E-state index contributed by atoms with van der Waals surface area (Å²) in [5.41, 5.74) is 0.436. The van der Waals surface area contributed by atoms with E-state index < -0.39 is 23.0 Å². The van der Waals surface area contributed by atoms with E-state index in [1.54, 1.807) is 6.92 Å². The molecule has 0 unspecified atom stereocenters. The van der Waals surface area contributed by atoms with Crippen LogP contribution in [-0.4, -0.2) is 5.78 Å². The van der Waals surface area contributed by atoms with Crippen molar-refractivity contribution >= 4 is 28.7 Å². The Morgan fingerprint density at radius 1 is 1.22 bits per heavy atom. The van der Waals surface area contributed by atoms with E-state index in [9.17, 15) is 13.6 Å². The van der Waals surface area contributed by atoms with Crippen molar-refractivity contribution in [2.45, 2.75) is 13.8 Å². The van der Waals surface area contributed by atoms with Gasteiger partial charge in [-0.05, 0) is 37.1 Å². The van der Waals surface area contributed by atoms with Gasteiger partial charge in [-0.2, -0.15) is 0 Å². The second-order valence-corrected chi connectivity index (χ2v) is 5.60. The molecule has 1 heterocycles. The zero-order chi connectivity index (χ0) is 13.4. The van der Waals surface area contributed by atoms with Gasteiger partial charge in [0.25, 0.3) is 0 Å². The molecule has 0 N–H and O–H groups in total. The van der Waals surface area contributed by atoms with Crippen LogP contribution in [0.25, 0.3) is 0 Å². The molecule has 5 heteroatoms. The van der Waals surface area contributed by atoms with E-state index in [0.717, 1.165) is 23.0 Å². The number of hydrogen-bond donors (Lipinski definition) is 0. The molecular weight excluding hydrogens is 278 g/mol. The Morgan fingerprint density at radius 2 is 1.89 bits per heavy atom. The molecule has 0 aliphatic rings. The summed E-state index contributed by atoms with van der Waals surface area (Å²) in [6, 6.07) is 3.93. The second kappa shape index (κ2) is 4.78. The van der Waals surface area contributed by atoms with E-state index in [1.807, 2.05) is 0 Å². The zero-order valence-corrected chi connectivity index (χ0v) is 11.3. The van der Waals surface area contributed by atoms with Gasteiger partial charge in [-0.1, -0.05) is 17.7 Å². The van der Waals surface area contributed by atoms with Crippen molar-refractivity contribution in [2.75, 3.05) is 0 Å². The molecule has 0 aliphatic carbocycles. The van der Waals surface area contributed by atoms with E-state index in [4.69, 9.17) is 11.6 Å². The van der Waals surface area contributed by atoms with Gasteiger partial charge in [0.2, 0.25) is 5.78 Å². The molecule has 0 amide bonds. The molecule has 1 aromatic heterocycles. The lowest BCUT2D eigenvalue weighted by atomic mass is 10.0. The maximum Gasteiger partial charge on any atom is 0.208 e. The highest BCUT2D eigenvalue weighted by Gasteiger charge is 2.22. The molecule has 1 nitrogen and oxygen atoms in total. The third-order valence-electron chi connectivity index (χ3n) is 2.59. The molecule has 94 valence electrons. The van der Waals surface area contributed by atoms with Crippen LogP contribution in [0, 0.1) is 25.5 Å². The fourth-order valence-electron chi connectivity index (χ4n) is 1.56. The Kier molecular flexibility index (Phi) is 3.50. The first-order valence-corrected chi connectivity index (χ1v) is 6.36. The maximum absolute atomic E-state index is 13.8. The van der Waals surface area contributed by atoms with Gasteiger partial charge < -0.3 is 0 Å². The van der Waals surface area contributed by atoms with Crippen LogP contribution in [0.2, 0.25) is 4.34 Å². The molecule has 0 fully saturated rings. The Balaban J connectivity index is 2.56. The van der Waals surface area contributed by atoms with Gasteiger partial charge in [0.05, 0.1) is 14.8 Å². The first-order chi connectivity index (χ1) is 8.41. The smallest absolute Gasteiger partial charge is 0.208 e. The van der Waals surface area contributed by atoms with E-state index in [0.29, 0.717) is 4.34 Å². The zero-order valence-electron chi connectivity index (χ0n) is 9.68. The van der Waals surface area contributed by atoms with E-state index in [1.165, 1.54) is 19.1 Å². The van der Waals surface area contributed by atoms with Gasteiger partial charge in [-0.3, -0.25) is 4.79 Å². The van der Waals surface area contributed by atoms with Crippen LogP contribution >= 0.6 is 22.9 Å². The predicted molar refractivity (Wildman–Crippen MR) is 68.6 cm³/mol. The summed E-state index contributed by atoms with van der Waals surface area (Å²) in [5, 5.41) is 0. The van der Waals surface area contributed by atoms with Crippen molar-refractivity contribution < 1.29 is 13.6 Å². The van der Waals surface area contributed by atoms with Crippen LogP contribution < -0.4 is 0 Å². The molecule has 2 aromatic rings. The number of thiophene rings is 1. The molecule has 0 spiro atoms. The van der Waals surface area contributed by atoms with Crippen LogP contribution in [-0.2, 0) is 0 Å². The molecule has 0 saturated carbocycles. The van der Waals surface area contributed by atoms with Crippen molar-refractivity contribution in [2.24, 2.45) is 0 Å². The monoisotopic (exact) mass is 286 g/mol. The summed E-state index contributed by atoms with van der Waals surface area (Å²) in [4.78, 5) is 12.3. The summed E-state index contributed by atoms with van der Waals surface area (Å²) in [6.45, 7) is 3.22. The highest BCUT2D eigenvalue weighted by molar-refractivity contribution is 7.18. The quantitative estimate of drug-likeness (QED) is 0.742. The number of aryl methyl sites for hydroxylation is 2. The van der Waals surface area contributed by atoms with Crippen molar-refractivity contribution in [3.63, 3.8) is 0 Å². The van der Waals surface area contributed by atoms with Gasteiger partial charge in [0.15, 0.2) is 0 Å². The van der Waals surface area contributed by atoms with Gasteiger partial charge >= 0.3 is 0 Å². The molecule has 0 bridgehead atoms. The van der Waals surface area contributed by atoms with Crippen LogP contribution in [0.3, 0.4) is 0 Å². The minimum Gasteiger partial charge on any atom is -0.287 e. The van der Waals surface area contributed by atoms with Gasteiger partial charge in [-0.15, -0.1) is 11.3 Å². The third kappa shape index (κ3) is 2.18. The fourth-order valence-corrected chi connectivity index (χ4v) is 2.71. The number of carbonyl (C=O) groups excluding carboxylic acids is 1. The van der Waals surface area contributed by atoms with Crippen molar-refractivity contribution in [1.29, 1.82) is 0 Å². The number of carbonyl (C=O) groups is 1. The molecule has 18 heavy (non-hydrogen) atoms. The number of rotatable bonds is 2. The van der Waals surface area contributed by atoms with E-state index in [2.05, 4.69) is 0 Å². The Bertz CT molecular complexity index is 615. The molecule has 0 radical (unpaired) electrons. The second-order valence-electron chi connectivity index (χ2n) is 3.95. The summed E-state index contributed by atoms with van der Waals surface area (Å²) in [5.74, 6) is -2.35. The number of hydrogen-bond acceptors (Lipinski definition) is 2. The van der Waals surface area contributed by atoms with Crippen molar-refractivity contribution in [3.05, 3.63) is 55.7 Å². The summed E-state index contributed by atoms with van der Waals surface area (Å²) in [6.07, 6.45) is 0. The summed E-state index contributed by atoms with van der Waals surface area (Å²) >= 11 is 6.87. The molecule has 0 aliphatic heterocycles. The largest absolute Gasteiger partial charge is 0.287 e. The first kappa shape index (κ1) is 13.2. The SMILES string of the molecule is Cc1cc(C(=O)c2c(F)ccc(C)c2F)sc1Cl. The minimum atomic E-state index is -0.856. The van der Waals surface area contributed by atoms with Crippen molar-refractivity contribution in [1.82, 2.24) is 0 Å². The molecule has 2 rings (SSSR count). The van der Waals surface area contributed by atoms with Crippen LogP contribution in [0.5, 0.6) is 0 Å². The fraction of sp³-hybridized carbons (Fsp3) is 0.154. The Labute approximate surface area is 112 Å².